The highest BCUT2D eigenvalue weighted by atomic mass is 32.2. The molecule has 0 saturated heterocycles. The minimum absolute atomic E-state index is 0.168. The maximum absolute atomic E-state index is 10.5. The van der Waals surface area contributed by atoms with Crippen LogP contribution < -0.4 is 4.74 Å². The molecule has 0 aliphatic heterocycles. The molecular weight excluding hydrogens is 432 g/mol. The third-order valence-electron chi connectivity index (χ3n) is 4.97. The largest absolute Gasteiger partial charge is 0.491 e. The van der Waals surface area contributed by atoms with Gasteiger partial charge in [0.15, 0.2) is 5.16 Å². The van der Waals surface area contributed by atoms with Crippen molar-refractivity contribution in [2.45, 2.75) is 24.1 Å². The van der Waals surface area contributed by atoms with Gasteiger partial charge in [0.2, 0.25) is 0 Å². The number of aliphatic hydroxyl groups excluding tert-OH is 1. The molecule has 6 nitrogen and oxygen atoms in total. The Labute approximate surface area is 197 Å². The summed E-state index contributed by atoms with van der Waals surface area (Å²) in [5, 5.41) is 28.8. The fourth-order valence-electron chi connectivity index (χ4n) is 3.33. The van der Waals surface area contributed by atoms with Crippen LogP contribution in [0.2, 0.25) is 0 Å². The van der Waals surface area contributed by atoms with Crippen molar-refractivity contribution in [2.75, 3.05) is 12.4 Å². The summed E-state index contributed by atoms with van der Waals surface area (Å²) in [4.78, 5) is 0. The Morgan fingerprint density at radius 3 is 2.30 bits per heavy atom. The minimum atomic E-state index is -0.674. The van der Waals surface area contributed by atoms with Gasteiger partial charge in [0.25, 0.3) is 0 Å². The summed E-state index contributed by atoms with van der Waals surface area (Å²) in [6, 6.07) is 29.6. The number of nitrogens with zero attached hydrogens (tertiary/aromatic N) is 4. The number of thioether (sulfide) groups is 1. The number of benzene rings is 3. The summed E-state index contributed by atoms with van der Waals surface area (Å²) >= 11 is 1.45. The molecule has 33 heavy (non-hydrogen) atoms. The van der Waals surface area contributed by atoms with E-state index in [1.54, 1.807) is 0 Å². The smallest absolute Gasteiger partial charge is 0.195 e. The molecule has 3 aromatic carbocycles. The van der Waals surface area contributed by atoms with Crippen LogP contribution in [0.15, 0.2) is 90.1 Å². The molecular formula is C26H24N4O2S. The van der Waals surface area contributed by atoms with Crippen LogP contribution >= 0.6 is 11.8 Å². The van der Waals surface area contributed by atoms with E-state index in [1.807, 2.05) is 77.4 Å². The van der Waals surface area contributed by atoms with E-state index in [4.69, 9.17) is 10.00 Å². The van der Waals surface area contributed by atoms with Crippen LogP contribution in [0.1, 0.15) is 17.0 Å². The average Bonchev–Trinajstić information content (AvgIpc) is 3.26. The van der Waals surface area contributed by atoms with Gasteiger partial charge in [0.1, 0.15) is 18.2 Å². The highest BCUT2D eigenvalue weighted by Gasteiger charge is 2.17. The molecule has 0 aliphatic rings. The topological polar surface area (TPSA) is 84.0 Å². The third kappa shape index (κ3) is 6.22. The first-order valence-electron chi connectivity index (χ1n) is 10.7. The van der Waals surface area contributed by atoms with Gasteiger partial charge in [0.05, 0.1) is 18.6 Å². The zero-order valence-corrected chi connectivity index (χ0v) is 18.9. The zero-order valence-electron chi connectivity index (χ0n) is 18.0. The first-order chi connectivity index (χ1) is 16.2. The van der Waals surface area contributed by atoms with Crippen LogP contribution in [-0.2, 0) is 12.8 Å². The lowest BCUT2D eigenvalue weighted by Gasteiger charge is -2.13. The van der Waals surface area contributed by atoms with E-state index in [0.717, 1.165) is 27.8 Å². The van der Waals surface area contributed by atoms with E-state index in [1.165, 1.54) is 11.8 Å². The van der Waals surface area contributed by atoms with Crippen molar-refractivity contribution in [2.24, 2.45) is 0 Å². The summed E-state index contributed by atoms with van der Waals surface area (Å²) < 4.78 is 7.74. The van der Waals surface area contributed by atoms with Crippen LogP contribution in [0.5, 0.6) is 5.75 Å². The Hall–Kier alpha value is -3.60. The molecule has 0 bridgehead atoms. The maximum atomic E-state index is 10.5. The van der Waals surface area contributed by atoms with Gasteiger partial charge in [0, 0.05) is 17.9 Å². The van der Waals surface area contributed by atoms with Gasteiger partial charge in [-0.2, -0.15) is 5.26 Å². The standard InChI is InChI=1S/C26H24N4O2S/c27-16-15-20-11-13-24(14-12-20)32-18-23(31)19-33-26-29-28-25(17-21-7-3-1-4-8-21)30(26)22-9-5-2-6-10-22/h1-14,23,31H,15,17-19H2. The highest BCUT2D eigenvalue weighted by molar-refractivity contribution is 7.99. The Morgan fingerprint density at radius 1 is 0.909 bits per heavy atom. The molecule has 0 spiro atoms. The zero-order chi connectivity index (χ0) is 22.9. The van der Waals surface area contributed by atoms with E-state index in [0.29, 0.717) is 24.3 Å². The lowest BCUT2D eigenvalue weighted by atomic mass is 10.1. The van der Waals surface area contributed by atoms with E-state index >= 15 is 0 Å². The summed E-state index contributed by atoms with van der Waals surface area (Å²) in [6.07, 6.45) is 0.359. The van der Waals surface area contributed by atoms with Crippen LogP contribution in [0.25, 0.3) is 5.69 Å². The number of hydrogen-bond donors (Lipinski definition) is 1. The summed E-state index contributed by atoms with van der Waals surface area (Å²) in [6.45, 7) is 0.168. The number of nitriles is 1. The van der Waals surface area contributed by atoms with Crippen LogP contribution in [-0.4, -0.2) is 38.3 Å². The van der Waals surface area contributed by atoms with Crippen molar-refractivity contribution in [3.63, 3.8) is 0 Å². The predicted octanol–water partition coefficient (Wildman–Crippen LogP) is 4.46. The fraction of sp³-hybridized carbons (Fsp3) is 0.192. The second kappa shape index (κ2) is 11.3. The van der Waals surface area contributed by atoms with Gasteiger partial charge in [-0.15, -0.1) is 10.2 Å². The van der Waals surface area contributed by atoms with Gasteiger partial charge in [-0.25, -0.2) is 0 Å². The molecule has 0 aliphatic carbocycles. The fourth-order valence-corrected chi connectivity index (χ4v) is 4.21. The molecule has 166 valence electrons. The molecule has 1 unspecified atom stereocenters. The van der Waals surface area contributed by atoms with Crippen molar-refractivity contribution in [1.82, 2.24) is 14.8 Å². The second-order valence-corrected chi connectivity index (χ2v) is 8.47. The normalized spacial score (nSPS) is 11.6. The molecule has 7 heteroatoms. The van der Waals surface area contributed by atoms with Crippen molar-refractivity contribution < 1.29 is 9.84 Å². The van der Waals surface area contributed by atoms with Gasteiger partial charge < -0.3 is 9.84 Å². The Bertz CT molecular complexity index is 1190. The van der Waals surface area contributed by atoms with Crippen LogP contribution in [0, 0.1) is 11.3 Å². The lowest BCUT2D eigenvalue weighted by molar-refractivity contribution is 0.126. The molecule has 4 rings (SSSR count). The third-order valence-corrected chi connectivity index (χ3v) is 6.05. The SMILES string of the molecule is N#CCc1ccc(OCC(O)CSc2nnc(Cc3ccccc3)n2-c2ccccc2)cc1. The predicted molar refractivity (Wildman–Crippen MR) is 129 cm³/mol. The average molecular weight is 457 g/mol. The molecule has 1 heterocycles. The van der Waals surface area contributed by atoms with E-state index in [9.17, 15) is 5.11 Å². The minimum Gasteiger partial charge on any atom is -0.491 e. The molecule has 0 saturated carbocycles. The Morgan fingerprint density at radius 2 is 1.61 bits per heavy atom. The molecule has 4 aromatic rings. The first-order valence-corrected chi connectivity index (χ1v) is 11.6. The van der Waals surface area contributed by atoms with Gasteiger partial charge in [-0.05, 0) is 35.4 Å². The molecule has 1 aromatic heterocycles. The van der Waals surface area contributed by atoms with Crippen molar-refractivity contribution in [3.8, 4) is 17.5 Å². The molecule has 0 amide bonds. The summed E-state index contributed by atoms with van der Waals surface area (Å²) in [5.74, 6) is 1.93. The highest BCUT2D eigenvalue weighted by Crippen LogP contribution is 2.24. The Kier molecular flexibility index (Phi) is 7.75. The van der Waals surface area contributed by atoms with E-state index < -0.39 is 6.10 Å². The number of para-hydroxylation sites is 1. The number of aliphatic hydroxyl groups is 1. The van der Waals surface area contributed by atoms with Crippen molar-refractivity contribution in [3.05, 3.63) is 102 Å². The number of ether oxygens (including phenoxy) is 1. The molecule has 0 radical (unpaired) electrons. The van der Waals surface area contributed by atoms with Crippen molar-refractivity contribution in [1.29, 1.82) is 5.26 Å². The van der Waals surface area contributed by atoms with Gasteiger partial charge in [-0.3, -0.25) is 4.57 Å². The number of aromatic nitrogens is 3. The van der Waals surface area contributed by atoms with Crippen LogP contribution in [0.3, 0.4) is 0 Å². The number of hydrogen-bond acceptors (Lipinski definition) is 6. The van der Waals surface area contributed by atoms with Gasteiger partial charge in [-0.1, -0.05) is 72.4 Å². The maximum Gasteiger partial charge on any atom is 0.195 e. The summed E-state index contributed by atoms with van der Waals surface area (Å²) in [7, 11) is 0. The van der Waals surface area contributed by atoms with Crippen molar-refractivity contribution >= 4 is 11.8 Å². The van der Waals surface area contributed by atoms with E-state index in [2.05, 4.69) is 28.4 Å². The number of rotatable bonds is 10. The van der Waals surface area contributed by atoms with Gasteiger partial charge >= 0.3 is 0 Å². The first kappa shape index (κ1) is 22.6. The van der Waals surface area contributed by atoms with Crippen LogP contribution in [0.4, 0.5) is 0 Å². The second-order valence-electron chi connectivity index (χ2n) is 7.49. The molecule has 0 fully saturated rings. The van der Waals surface area contributed by atoms with E-state index in [-0.39, 0.29) is 6.61 Å². The monoisotopic (exact) mass is 456 g/mol. The lowest BCUT2D eigenvalue weighted by Crippen LogP contribution is -2.20. The molecule has 1 atom stereocenters. The Balaban J connectivity index is 1.41. The molecule has 1 N–H and O–H groups in total. The summed E-state index contributed by atoms with van der Waals surface area (Å²) in [5.41, 5.74) is 3.08. The quantitative estimate of drug-likeness (QED) is 0.355.